The lowest BCUT2D eigenvalue weighted by Crippen LogP contribution is -2.31. The first kappa shape index (κ1) is 17.8. The number of nitrogens with one attached hydrogen (secondary N) is 2. The van der Waals surface area contributed by atoms with Crippen LogP contribution in [0.15, 0.2) is 0 Å². The van der Waals surface area contributed by atoms with E-state index in [2.05, 4.69) is 10.0 Å². The van der Waals surface area contributed by atoms with Crippen molar-refractivity contribution in [2.75, 3.05) is 30.9 Å². The minimum atomic E-state index is -3.28. The summed E-state index contributed by atoms with van der Waals surface area (Å²) in [6, 6.07) is 0.343. The summed E-state index contributed by atoms with van der Waals surface area (Å²) in [4.78, 5) is 0. The summed E-state index contributed by atoms with van der Waals surface area (Å²) < 4.78 is 47.1. The highest BCUT2D eigenvalue weighted by Crippen LogP contribution is 1.92. The normalized spacial score (nSPS) is 13.1. The van der Waals surface area contributed by atoms with Gasteiger partial charge < -0.3 is 5.32 Å². The van der Waals surface area contributed by atoms with Crippen LogP contribution in [0.25, 0.3) is 0 Å². The van der Waals surface area contributed by atoms with Gasteiger partial charge in [0.1, 0.15) is 9.84 Å². The Morgan fingerprint density at radius 2 is 1.50 bits per heavy atom. The maximum absolute atomic E-state index is 11.5. The summed E-state index contributed by atoms with van der Waals surface area (Å²) in [6.45, 7) is 4.82. The lowest BCUT2D eigenvalue weighted by molar-refractivity contribution is 0.559. The molecule has 6 nitrogen and oxygen atoms in total. The number of sulfone groups is 1. The van der Waals surface area contributed by atoms with Gasteiger partial charge in [0.25, 0.3) is 0 Å². The summed E-state index contributed by atoms with van der Waals surface area (Å²) >= 11 is 0. The zero-order valence-corrected chi connectivity index (χ0v) is 12.9. The van der Waals surface area contributed by atoms with Crippen LogP contribution in [0, 0.1) is 0 Å². The van der Waals surface area contributed by atoms with Crippen molar-refractivity contribution in [1.82, 2.24) is 10.0 Å². The Balaban J connectivity index is 3.74. The van der Waals surface area contributed by atoms with Crippen molar-refractivity contribution >= 4 is 19.9 Å². The molecule has 0 saturated carbocycles. The van der Waals surface area contributed by atoms with Gasteiger partial charge in [-0.3, -0.25) is 0 Å². The molecule has 0 heterocycles. The summed E-state index contributed by atoms with van der Waals surface area (Å²) in [7, 11) is -6.30. The highest BCUT2D eigenvalue weighted by Gasteiger charge is 2.10. The van der Waals surface area contributed by atoms with Crippen molar-refractivity contribution in [2.45, 2.75) is 32.7 Å². The van der Waals surface area contributed by atoms with Crippen LogP contribution in [0.5, 0.6) is 0 Å². The number of rotatable bonds is 10. The molecular formula is C10H24N2O4S2. The highest BCUT2D eigenvalue weighted by molar-refractivity contribution is 7.90. The molecule has 2 N–H and O–H groups in total. The van der Waals surface area contributed by atoms with Gasteiger partial charge in [0.15, 0.2) is 0 Å². The van der Waals surface area contributed by atoms with Gasteiger partial charge in [0.2, 0.25) is 10.0 Å². The van der Waals surface area contributed by atoms with Crippen molar-refractivity contribution < 1.29 is 16.8 Å². The first-order valence-corrected chi connectivity index (χ1v) is 9.72. The van der Waals surface area contributed by atoms with E-state index in [9.17, 15) is 16.8 Å². The van der Waals surface area contributed by atoms with Gasteiger partial charge in [-0.05, 0) is 19.4 Å². The number of hydrogen-bond acceptors (Lipinski definition) is 5. The highest BCUT2D eigenvalue weighted by atomic mass is 32.2. The van der Waals surface area contributed by atoms with E-state index in [1.807, 2.05) is 13.8 Å². The maximum atomic E-state index is 11.5. The van der Waals surface area contributed by atoms with Crippen molar-refractivity contribution in [3.05, 3.63) is 0 Å². The summed E-state index contributed by atoms with van der Waals surface area (Å²) in [5.41, 5.74) is 0. The lowest BCUT2D eigenvalue weighted by atomic mass is 10.4. The minimum absolute atomic E-state index is 0.00439. The molecular weight excluding hydrogens is 276 g/mol. The first-order valence-electron chi connectivity index (χ1n) is 6.01. The average molecular weight is 300 g/mol. The Hall–Kier alpha value is -0.180. The zero-order chi connectivity index (χ0) is 14.2. The molecule has 0 aromatic heterocycles. The third kappa shape index (κ3) is 12.3. The van der Waals surface area contributed by atoms with E-state index in [4.69, 9.17) is 0 Å². The monoisotopic (exact) mass is 300 g/mol. The molecule has 0 aromatic rings. The molecule has 110 valence electrons. The Bertz CT molecular complexity index is 415. The van der Waals surface area contributed by atoms with Gasteiger partial charge in [-0.25, -0.2) is 21.6 Å². The van der Waals surface area contributed by atoms with Crippen molar-refractivity contribution in [3.63, 3.8) is 0 Å². The first-order chi connectivity index (χ1) is 8.12. The van der Waals surface area contributed by atoms with Crippen LogP contribution in [0.1, 0.15) is 26.7 Å². The molecule has 0 aliphatic carbocycles. The summed E-state index contributed by atoms with van der Waals surface area (Å²) in [5, 5.41) is 3.13. The van der Waals surface area contributed by atoms with E-state index >= 15 is 0 Å². The fraction of sp³-hybridized carbons (Fsp3) is 1.00. The molecule has 0 bridgehead atoms. The molecule has 0 atom stereocenters. The molecule has 0 saturated heterocycles. The average Bonchev–Trinajstić information content (AvgIpc) is 2.18. The Kier molecular flexibility index (Phi) is 8.00. The van der Waals surface area contributed by atoms with Gasteiger partial charge >= 0.3 is 0 Å². The number of hydrogen-bond donors (Lipinski definition) is 2. The van der Waals surface area contributed by atoms with Gasteiger partial charge in [-0.1, -0.05) is 13.8 Å². The molecule has 0 fully saturated rings. The van der Waals surface area contributed by atoms with Crippen LogP contribution in [0.2, 0.25) is 0 Å². The largest absolute Gasteiger partial charge is 0.314 e. The van der Waals surface area contributed by atoms with Crippen LogP contribution in [0.3, 0.4) is 0 Å². The molecule has 0 amide bonds. The molecule has 0 aliphatic rings. The van der Waals surface area contributed by atoms with E-state index in [0.717, 1.165) is 6.26 Å². The second-order valence-corrected chi connectivity index (χ2v) is 8.85. The minimum Gasteiger partial charge on any atom is -0.314 e. The second-order valence-electron chi connectivity index (χ2n) is 4.66. The van der Waals surface area contributed by atoms with Gasteiger partial charge in [0, 0.05) is 18.8 Å². The van der Waals surface area contributed by atoms with E-state index in [0.29, 0.717) is 25.4 Å². The fourth-order valence-electron chi connectivity index (χ4n) is 1.29. The van der Waals surface area contributed by atoms with E-state index in [-0.39, 0.29) is 18.1 Å². The van der Waals surface area contributed by atoms with Crippen molar-refractivity contribution in [3.8, 4) is 0 Å². The van der Waals surface area contributed by atoms with Crippen molar-refractivity contribution in [1.29, 1.82) is 0 Å². The van der Waals surface area contributed by atoms with Crippen LogP contribution in [-0.4, -0.2) is 53.7 Å². The van der Waals surface area contributed by atoms with Crippen LogP contribution in [0.4, 0.5) is 0 Å². The lowest BCUT2D eigenvalue weighted by Gasteiger charge is -2.09. The predicted molar refractivity (Wildman–Crippen MR) is 73.9 cm³/mol. The van der Waals surface area contributed by atoms with Crippen LogP contribution < -0.4 is 10.0 Å². The van der Waals surface area contributed by atoms with Crippen LogP contribution in [-0.2, 0) is 19.9 Å². The molecule has 0 spiro atoms. The maximum Gasteiger partial charge on any atom is 0.211 e. The molecule has 0 aliphatic heterocycles. The summed E-state index contributed by atoms with van der Waals surface area (Å²) in [5.74, 6) is 0.0655. The van der Waals surface area contributed by atoms with E-state index in [1.54, 1.807) is 0 Å². The van der Waals surface area contributed by atoms with Gasteiger partial charge in [0.05, 0.1) is 11.5 Å². The Labute approximate surface area is 111 Å². The van der Waals surface area contributed by atoms with Gasteiger partial charge in [-0.15, -0.1) is 0 Å². The Morgan fingerprint density at radius 1 is 0.944 bits per heavy atom. The molecule has 18 heavy (non-hydrogen) atoms. The van der Waals surface area contributed by atoms with E-state index < -0.39 is 19.9 Å². The molecule has 0 unspecified atom stereocenters. The molecule has 0 aromatic carbocycles. The third-order valence-electron chi connectivity index (χ3n) is 2.16. The fourth-order valence-corrected chi connectivity index (χ4v) is 3.08. The van der Waals surface area contributed by atoms with Gasteiger partial charge in [-0.2, -0.15) is 0 Å². The van der Waals surface area contributed by atoms with Crippen molar-refractivity contribution in [2.24, 2.45) is 0 Å². The standard InChI is InChI=1S/C10H24N2O4S2/c1-10(2)11-6-4-9-18(15,16)12-7-5-8-17(3,13)14/h10-12H,4-9H2,1-3H3. The topological polar surface area (TPSA) is 92.3 Å². The van der Waals surface area contributed by atoms with E-state index in [1.165, 1.54) is 0 Å². The number of sulfonamides is 1. The smallest absolute Gasteiger partial charge is 0.211 e. The third-order valence-corrected chi connectivity index (χ3v) is 4.66. The molecule has 0 radical (unpaired) electrons. The van der Waals surface area contributed by atoms with Crippen LogP contribution >= 0.6 is 0 Å². The summed E-state index contributed by atoms with van der Waals surface area (Å²) in [6.07, 6.45) is 1.99. The predicted octanol–water partition coefficient (Wildman–Crippen LogP) is -0.271. The molecule has 8 heteroatoms. The quantitative estimate of drug-likeness (QED) is 0.542. The zero-order valence-electron chi connectivity index (χ0n) is 11.3. The molecule has 0 rings (SSSR count). The SMILES string of the molecule is CC(C)NCCCS(=O)(=O)NCCCS(C)(=O)=O. The Morgan fingerprint density at radius 3 is 2.00 bits per heavy atom. The second kappa shape index (κ2) is 8.08.